The van der Waals surface area contributed by atoms with Gasteiger partial charge in [0.25, 0.3) is 0 Å². The second kappa shape index (κ2) is 6.95. The monoisotopic (exact) mass is 377 g/mol. The summed E-state index contributed by atoms with van der Waals surface area (Å²) in [6.45, 7) is 3.61. The lowest BCUT2D eigenvalue weighted by Crippen LogP contribution is -2.27. The number of aromatic nitrogens is 2. The summed E-state index contributed by atoms with van der Waals surface area (Å²) < 4.78 is 32.5. The maximum absolute atomic E-state index is 12.4. The van der Waals surface area contributed by atoms with E-state index in [2.05, 4.69) is 14.9 Å². The number of aryl methyl sites for hydroxylation is 1. The zero-order valence-corrected chi connectivity index (χ0v) is 15.2. The van der Waals surface area contributed by atoms with Crippen LogP contribution in [0.2, 0.25) is 5.02 Å². The van der Waals surface area contributed by atoms with Gasteiger partial charge in [-0.3, -0.25) is 0 Å². The maximum Gasteiger partial charge on any atom is 0.244 e. The number of nitrogens with one attached hydrogen (secondary N) is 1. The summed E-state index contributed by atoms with van der Waals surface area (Å²) in [6, 6.07) is 12.9. The van der Waals surface area contributed by atoms with Gasteiger partial charge in [-0.05, 0) is 44.2 Å². The lowest BCUT2D eigenvalue weighted by Gasteiger charge is -2.10. The summed E-state index contributed by atoms with van der Waals surface area (Å²) in [4.78, 5) is 4.40. The van der Waals surface area contributed by atoms with Crippen LogP contribution < -0.4 is 4.72 Å². The number of sulfonamides is 1. The highest BCUT2D eigenvalue weighted by molar-refractivity contribution is 7.89. The molecule has 0 fully saturated rings. The fourth-order valence-corrected chi connectivity index (χ4v) is 3.60. The summed E-state index contributed by atoms with van der Waals surface area (Å²) in [7, 11) is -3.72. The molecule has 3 aromatic rings. The van der Waals surface area contributed by atoms with Crippen LogP contribution in [0.5, 0.6) is 0 Å². The van der Waals surface area contributed by atoms with Crippen LogP contribution in [0.4, 0.5) is 0 Å². The summed E-state index contributed by atoms with van der Waals surface area (Å²) >= 11 is 5.79. The van der Waals surface area contributed by atoms with E-state index >= 15 is 0 Å². The molecule has 8 heteroatoms. The molecule has 1 heterocycles. The summed E-state index contributed by atoms with van der Waals surface area (Å²) in [5.74, 6) is 0.602. The van der Waals surface area contributed by atoms with Crippen LogP contribution in [0.1, 0.15) is 24.4 Å². The number of hydrogen-bond donors (Lipinski definition) is 1. The first kappa shape index (κ1) is 17.6. The highest BCUT2D eigenvalue weighted by Gasteiger charge is 2.22. The molecule has 0 aliphatic heterocycles. The number of rotatable bonds is 5. The van der Waals surface area contributed by atoms with E-state index in [0.717, 1.165) is 11.1 Å². The van der Waals surface area contributed by atoms with Crippen molar-refractivity contribution in [1.82, 2.24) is 14.9 Å². The first-order valence-corrected chi connectivity index (χ1v) is 9.40. The van der Waals surface area contributed by atoms with Crippen molar-refractivity contribution in [2.24, 2.45) is 0 Å². The zero-order valence-electron chi connectivity index (χ0n) is 13.6. The number of halogens is 1. The molecule has 25 heavy (non-hydrogen) atoms. The van der Waals surface area contributed by atoms with Gasteiger partial charge in [-0.15, -0.1) is 0 Å². The Morgan fingerprint density at radius 2 is 1.88 bits per heavy atom. The Hall–Kier alpha value is -2.22. The molecule has 1 N–H and O–H groups in total. The van der Waals surface area contributed by atoms with Gasteiger partial charge >= 0.3 is 0 Å². The summed E-state index contributed by atoms with van der Waals surface area (Å²) in [6.07, 6.45) is 0. The molecule has 0 spiro atoms. The van der Waals surface area contributed by atoms with Gasteiger partial charge in [-0.1, -0.05) is 40.5 Å². The van der Waals surface area contributed by atoms with Gasteiger partial charge in [0.1, 0.15) is 0 Å². The summed E-state index contributed by atoms with van der Waals surface area (Å²) in [5.41, 5.74) is 1.88. The van der Waals surface area contributed by atoms with Crippen LogP contribution in [-0.2, 0) is 10.0 Å². The average Bonchev–Trinajstić information content (AvgIpc) is 3.05. The van der Waals surface area contributed by atoms with E-state index in [0.29, 0.717) is 10.8 Å². The standard InChI is InChI=1S/C17H16ClN3O3S/c1-11-4-3-5-13(10-11)16-19-17(24-20-16)12(2)21-25(22,23)15-8-6-14(18)7-9-15/h3-10,12,21H,1-2H3/t12-/m1/s1. The molecule has 0 aliphatic carbocycles. The number of nitrogens with zero attached hydrogens (tertiary/aromatic N) is 2. The normalized spacial score (nSPS) is 12.9. The Labute approximate surface area is 150 Å². The second-order valence-corrected chi connectivity index (χ2v) is 7.77. The van der Waals surface area contributed by atoms with Crippen LogP contribution in [0.15, 0.2) is 57.9 Å². The molecule has 0 unspecified atom stereocenters. The number of benzene rings is 2. The van der Waals surface area contributed by atoms with Gasteiger partial charge in [0.05, 0.1) is 10.9 Å². The Kier molecular flexibility index (Phi) is 4.89. The maximum atomic E-state index is 12.4. The van der Waals surface area contributed by atoms with Crippen LogP contribution in [0.25, 0.3) is 11.4 Å². The molecule has 3 rings (SSSR count). The predicted octanol–water partition coefficient (Wildman–Crippen LogP) is 3.74. The minimum Gasteiger partial charge on any atom is -0.337 e. The van der Waals surface area contributed by atoms with E-state index in [4.69, 9.17) is 16.1 Å². The smallest absolute Gasteiger partial charge is 0.244 e. The van der Waals surface area contributed by atoms with Gasteiger partial charge in [0.2, 0.25) is 21.7 Å². The third-order valence-corrected chi connectivity index (χ3v) is 5.35. The molecule has 6 nitrogen and oxygen atoms in total. The zero-order chi connectivity index (χ0) is 18.0. The third kappa shape index (κ3) is 4.07. The van der Waals surface area contributed by atoms with Gasteiger partial charge in [-0.25, -0.2) is 8.42 Å². The van der Waals surface area contributed by atoms with Crippen molar-refractivity contribution in [2.45, 2.75) is 24.8 Å². The van der Waals surface area contributed by atoms with E-state index in [1.54, 1.807) is 6.92 Å². The Morgan fingerprint density at radius 1 is 1.16 bits per heavy atom. The molecule has 2 aromatic carbocycles. The van der Waals surface area contributed by atoms with Crippen molar-refractivity contribution >= 4 is 21.6 Å². The molecule has 0 saturated heterocycles. The van der Waals surface area contributed by atoms with E-state index < -0.39 is 16.1 Å². The Morgan fingerprint density at radius 3 is 2.56 bits per heavy atom. The van der Waals surface area contributed by atoms with Gasteiger partial charge < -0.3 is 4.52 Å². The van der Waals surface area contributed by atoms with Crippen molar-refractivity contribution in [2.75, 3.05) is 0 Å². The number of hydrogen-bond acceptors (Lipinski definition) is 5. The molecular formula is C17H16ClN3O3S. The fraction of sp³-hybridized carbons (Fsp3) is 0.176. The first-order valence-electron chi connectivity index (χ1n) is 7.54. The molecule has 130 valence electrons. The first-order chi connectivity index (χ1) is 11.8. The summed E-state index contributed by atoms with van der Waals surface area (Å²) in [5, 5.41) is 4.39. The van der Waals surface area contributed by atoms with E-state index in [9.17, 15) is 8.42 Å². The molecule has 0 amide bonds. The van der Waals surface area contributed by atoms with Gasteiger partial charge in [-0.2, -0.15) is 9.71 Å². The SMILES string of the molecule is Cc1cccc(-c2noc([C@@H](C)NS(=O)(=O)c3ccc(Cl)cc3)n2)c1. The Bertz CT molecular complexity index is 984. The highest BCUT2D eigenvalue weighted by Crippen LogP contribution is 2.21. The molecular weight excluding hydrogens is 362 g/mol. The fourth-order valence-electron chi connectivity index (χ4n) is 2.28. The van der Waals surface area contributed by atoms with Crippen molar-refractivity contribution in [3.63, 3.8) is 0 Å². The average molecular weight is 378 g/mol. The Balaban J connectivity index is 1.80. The molecule has 1 atom stereocenters. The van der Waals surface area contributed by atoms with Gasteiger partial charge in [0, 0.05) is 10.6 Å². The lowest BCUT2D eigenvalue weighted by atomic mass is 10.1. The van der Waals surface area contributed by atoms with Crippen LogP contribution in [-0.4, -0.2) is 18.6 Å². The van der Waals surface area contributed by atoms with Crippen LogP contribution >= 0.6 is 11.6 Å². The largest absolute Gasteiger partial charge is 0.337 e. The van der Waals surface area contributed by atoms with E-state index in [1.165, 1.54) is 24.3 Å². The molecule has 0 radical (unpaired) electrons. The minimum absolute atomic E-state index is 0.113. The van der Waals surface area contributed by atoms with Crippen LogP contribution in [0, 0.1) is 6.92 Å². The molecule has 0 aliphatic rings. The van der Waals surface area contributed by atoms with E-state index in [-0.39, 0.29) is 10.8 Å². The van der Waals surface area contributed by atoms with Gasteiger partial charge in [0.15, 0.2) is 0 Å². The predicted molar refractivity (Wildman–Crippen MR) is 94.7 cm³/mol. The van der Waals surface area contributed by atoms with Crippen molar-refractivity contribution in [3.05, 3.63) is 65.0 Å². The van der Waals surface area contributed by atoms with Crippen LogP contribution in [0.3, 0.4) is 0 Å². The molecule has 0 bridgehead atoms. The molecule has 1 aromatic heterocycles. The van der Waals surface area contributed by atoms with Crippen molar-refractivity contribution in [1.29, 1.82) is 0 Å². The quantitative estimate of drug-likeness (QED) is 0.732. The van der Waals surface area contributed by atoms with Crippen molar-refractivity contribution in [3.8, 4) is 11.4 Å². The third-order valence-electron chi connectivity index (χ3n) is 3.54. The molecule has 0 saturated carbocycles. The lowest BCUT2D eigenvalue weighted by molar-refractivity contribution is 0.354. The van der Waals surface area contributed by atoms with E-state index in [1.807, 2.05) is 31.2 Å². The van der Waals surface area contributed by atoms with Crippen molar-refractivity contribution < 1.29 is 12.9 Å². The second-order valence-electron chi connectivity index (χ2n) is 5.62. The highest BCUT2D eigenvalue weighted by atomic mass is 35.5. The minimum atomic E-state index is -3.72. The topological polar surface area (TPSA) is 85.1 Å².